The molecular weight excluding hydrogens is 574 g/mol. The Hall–Kier alpha value is -3.11. The molecule has 5 atom stereocenters. The lowest BCUT2D eigenvalue weighted by Crippen LogP contribution is -2.57. The van der Waals surface area contributed by atoms with E-state index in [9.17, 15) is 9.90 Å². The summed E-state index contributed by atoms with van der Waals surface area (Å²) in [7, 11) is 3.28. The van der Waals surface area contributed by atoms with Gasteiger partial charge in [-0.3, -0.25) is 0 Å². The Balaban J connectivity index is 1.68. The van der Waals surface area contributed by atoms with Gasteiger partial charge in [-0.05, 0) is 95.2 Å². The van der Waals surface area contributed by atoms with Crippen molar-refractivity contribution >= 4 is 12.2 Å². The number of alkyl carbamates (subject to hydrolysis) is 1. The summed E-state index contributed by atoms with van der Waals surface area (Å²) in [6.07, 6.45) is 5.92. The third-order valence-corrected chi connectivity index (χ3v) is 7.67. The first-order valence-electron chi connectivity index (χ1n) is 15.8. The van der Waals surface area contributed by atoms with Crippen LogP contribution in [-0.2, 0) is 25.6 Å². The average molecular weight is 628 g/mol. The fourth-order valence-electron chi connectivity index (χ4n) is 5.39. The second-order valence-corrected chi connectivity index (χ2v) is 13.1. The fraction of sp³-hybridized carbons (Fsp3) is 0.583. The van der Waals surface area contributed by atoms with Crippen molar-refractivity contribution in [2.24, 2.45) is 5.92 Å². The summed E-state index contributed by atoms with van der Waals surface area (Å²) in [4.78, 5) is 13.0. The number of nitrogens with one attached hydrogen (secondary N) is 1. The van der Waals surface area contributed by atoms with Crippen molar-refractivity contribution in [2.75, 3.05) is 20.8 Å². The first-order chi connectivity index (χ1) is 21.3. The highest BCUT2D eigenvalue weighted by Gasteiger charge is 2.50. The molecule has 0 aromatic heterocycles. The van der Waals surface area contributed by atoms with Crippen LogP contribution < -0.4 is 14.8 Å². The van der Waals surface area contributed by atoms with Crippen molar-refractivity contribution in [3.63, 3.8) is 0 Å². The monoisotopic (exact) mass is 627 g/mol. The Morgan fingerprint density at radius 1 is 0.978 bits per heavy atom. The molecule has 1 fully saturated rings. The number of methoxy groups -OCH3 is 2. The molecule has 1 saturated heterocycles. The lowest BCUT2D eigenvalue weighted by atomic mass is 9.89. The van der Waals surface area contributed by atoms with E-state index in [0.717, 1.165) is 48.3 Å². The molecule has 0 spiro atoms. The largest absolute Gasteiger partial charge is 0.497 e. The fourth-order valence-corrected chi connectivity index (χ4v) is 5.39. The second-order valence-electron chi connectivity index (χ2n) is 13.1. The smallest absolute Gasteiger partial charge is 0.408 e. The van der Waals surface area contributed by atoms with Gasteiger partial charge >= 0.3 is 6.09 Å². The van der Waals surface area contributed by atoms with Crippen LogP contribution in [0.15, 0.2) is 54.6 Å². The van der Waals surface area contributed by atoms with Crippen molar-refractivity contribution in [1.82, 2.24) is 5.32 Å². The number of unbranched alkanes of at least 4 members (excludes halogenated alkanes) is 2. The average Bonchev–Trinajstić information content (AvgIpc) is 3.33. The molecule has 0 radical (unpaired) electrons. The standard InChI is InChI=1S/C36H53NO8/c1-25(13-11-9-10-12-14-26-15-19-28(40-7)20-16-26)32-33(44-36(5,6)43-32)31(37-34(39)45-35(2,3)4)30(23-38)42-24-27-17-21-29(41-8)22-18-27/h12,14-22,25,30-33,38H,9-11,13,23-24H2,1-8H3,(H,37,39)/b14-12+/t25-,30+,31-,32-,33-/m0/s1. The highest BCUT2D eigenvalue weighted by molar-refractivity contribution is 5.68. The molecule has 1 aliphatic rings. The molecule has 0 aliphatic carbocycles. The summed E-state index contributed by atoms with van der Waals surface area (Å²) >= 11 is 0. The van der Waals surface area contributed by atoms with Gasteiger partial charge in [0.15, 0.2) is 5.79 Å². The van der Waals surface area contributed by atoms with Gasteiger partial charge in [0.1, 0.15) is 29.3 Å². The first-order valence-corrected chi connectivity index (χ1v) is 15.8. The Morgan fingerprint density at radius 2 is 1.58 bits per heavy atom. The molecule has 2 aromatic carbocycles. The summed E-state index contributed by atoms with van der Waals surface area (Å²) in [6.45, 7) is 11.2. The summed E-state index contributed by atoms with van der Waals surface area (Å²) in [5.74, 6) is 0.824. The number of allylic oxidation sites excluding steroid dienone is 1. The van der Waals surface area contributed by atoms with Gasteiger partial charge in [-0.15, -0.1) is 0 Å². The highest BCUT2D eigenvalue weighted by Crippen LogP contribution is 2.37. The van der Waals surface area contributed by atoms with Crippen LogP contribution in [0.25, 0.3) is 6.08 Å². The predicted molar refractivity (Wildman–Crippen MR) is 175 cm³/mol. The summed E-state index contributed by atoms with van der Waals surface area (Å²) in [6, 6.07) is 14.8. The van der Waals surface area contributed by atoms with Crippen LogP contribution in [-0.4, -0.2) is 67.8 Å². The van der Waals surface area contributed by atoms with Gasteiger partial charge in [0, 0.05) is 0 Å². The van der Waals surface area contributed by atoms with Gasteiger partial charge in [0.25, 0.3) is 0 Å². The van der Waals surface area contributed by atoms with E-state index in [2.05, 4.69) is 24.4 Å². The molecule has 1 heterocycles. The van der Waals surface area contributed by atoms with Crippen LogP contribution in [0.3, 0.4) is 0 Å². The van der Waals surface area contributed by atoms with Crippen LogP contribution in [0.5, 0.6) is 11.5 Å². The van der Waals surface area contributed by atoms with E-state index in [4.69, 9.17) is 28.4 Å². The van der Waals surface area contributed by atoms with E-state index >= 15 is 0 Å². The molecule has 0 bridgehead atoms. The number of rotatable bonds is 16. The maximum absolute atomic E-state index is 13.0. The number of ether oxygens (including phenoxy) is 6. The zero-order valence-electron chi connectivity index (χ0n) is 28.2. The van der Waals surface area contributed by atoms with E-state index in [1.165, 1.54) is 0 Å². The lowest BCUT2D eigenvalue weighted by Gasteiger charge is -2.35. The van der Waals surface area contributed by atoms with Crippen molar-refractivity contribution in [2.45, 2.75) is 110 Å². The van der Waals surface area contributed by atoms with E-state index in [0.29, 0.717) is 0 Å². The SMILES string of the molecule is COc1ccc(/C=C/CCCC[C@H](C)[C@@H]2OC(C)(C)O[C@H]2[C@@H](NC(=O)OC(C)(C)C)[C@@H](CO)OCc2ccc(OC)cc2)cc1. The normalized spacial score (nSPS) is 20.0. The molecule has 2 N–H and O–H groups in total. The molecule has 250 valence electrons. The number of hydrogen-bond donors (Lipinski definition) is 2. The number of aliphatic hydroxyl groups is 1. The van der Waals surface area contributed by atoms with Crippen molar-refractivity contribution in [3.8, 4) is 11.5 Å². The van der Waals surface area contributed by atoms with Gasteiger partial charge in [-0.1, -0.05) is 49.8 Å². The molecule has 45 heavy (non-hydrogen) atoms. The Labute approximate surface area is 269 Å². The maximum Gasteiger partial charge on any atom is 0.408 e. The first kappa shape index (κ1) is 36.4. The molecule has 9 nitrogen and oxygen atoms in total. The molecule has 3 rings (SSSR count). The molecule has 0 saturated carbocycles. The van der Waals surface area contributed by atoms with Gasteiger partial charge in [0.2, 0.25) is 0 Å². The Kier molecular flexibility index (Phi) is 13.7. The van der Waals surface area contributed by atoms with E-state index in [1.807, 2.05) is 62.4 Å². The van der Waals surface area contributed by atoms with Crippen LogP contribution >= 0.6 is 0 Å². The van der Waals surface area contributed by atoms with Crippen LogP contribution in [0.4, 0.5) is 4.79 Å². The summed E-state index contributed by atoms with van der Waals surface area (Å²) in [5, 5.41) is 13.5. The lowest BCUT2D eigenvalue weighted by molar-refractivity contribution is -0.156. The highest BCUT2D eigenvalue weighted by atomic mass is 16.8. The number of aliphatic hydroxyl groups excluding tert-OH is 1. The Bertz CT molecular complexity index is 1190. The minimum atomic E-state index is -0.880. The van der Waals surface area contributed by atoms with Crippen LogP contribution in [0.2, 0.25) is 0 Å². The van der Waals surface area contributed by atoms with Gasteiger partial charge in [-0.2, -0.15) is 0 Å². The second kappa shape index (κ2) is 17.0. The summed E-state index contributed by atoms with van der Waals surface area (Å²) in [5.41, 5.74) is 1.34. The molecule has 1 amide bonds. The molecule has 1 aliphatic heterocycles. The molecule has 0 unspecified atom stereocenters. The van der Waals surface area contributed by atoms with E-state index in [-0.39, 0.29) is 25.2 Å². The number of carbonyl (C=O) groups is 1. The molecular formula is C36H53NO8. The zero-order valence-corrected chi connectivity index (χ0v) is 28.2. The van der Waals surface area contributed by atoms with Crippen LogP contribution in [0, 0.1) is 5.92 Å². The number of carbonyl (C=O) groups excluding carboxylic acids is 1. The van der Waals surface area contributed by atoms with E-state index in [1.54, 1.807) is 35.0 Å². The zero-order chi connectivity index (χ0) is 33.0. The number of amides is 1. The number of benzene rings is 2. The van der Waals surface area contributed by atoms with Crippen molar-refractivity contribution in [3.05, 3.63) is 65.7 Å². The van der Waals surface area contributed by atoms with E-state index < -0.39 is 35.7 Å². The minimum Gasteiger partial charge on any atom is -0.497 e. The van der Waals surface area contributed by atoms with Crippen LogP contribution in [0.1, 0.15) is 78.4 Å². The predicted octanol–water partition coefficient (Wildman–Crippen LogP) is 6.90. The van der Waals surface area contributed by atoms with Crippen molar-refractivity contribution in [1.29, 1.82) is 0 Å². The molecule has 2 aromatic rings. The van der Waals surface area contributed by atoms with Gasteiger partial charge < -0.3 is 38.8 Å². The van der Waals surface area contributed by atoms with Gasteiger partial charge in [-0.25, -0.2) is 4.79 Å². The van der Waals surface area contributed by atoms with Crippen molar-refractivity contribution < 1.29 is 38.3 Å². The number of hydrogen-bond acceptors (Lipinski definition) is 8. The quantitative estimate of drug-likeness (QED) is 0.194. The minimum absolute atomic E-state index is 0.117. The third kappa shape index (κ3) is 12.0. The summed E-state index contributed by atoms with van der Waals surface area (Å²) < 4.78 is 35.2. The third-order valence-electron chi connectivity index (χ3n) is 7.67. The molecule has 9 heteroatoms. The van der Waals surface area contributed by atoms with Gasteiger partial charge in [0.05, 0.1) is 39.6 Å². The maximum atomic E-state index is 13.0. The Morgan fingerprint density at radius 3 is 2.16 bits per heavy atom. The topological polar surface area (TPSA) is 105 Å².